The molecule has 0 aliphatic heterocycles. The first-order chi connectivity index (χ1) is 9.16. The Bertz CT molecular complexity index is 602. The molecule has 1 heterocycles. The number of nitrogens with zero attached hydrogens (tertiary/aromatic N) is 1. The van der Waals surface area contributed by atoms with Gasteiger partial charge in [-0.15, -0.1) is 0 Å². The van der Waals surface area contributed by atoms with E-state index in [0.29, 0.717) is 5.69 Å². The van der Waals surface area contributed by atoms with E-state index in [0.717, 1.165) is 0 Å². The Morgan fingerprint density at radius 3 is 2.35 bits per heavy atom. The Morgan fingerprint density at radius 2 is 1.70 bits per heavy atom. The molecule has 5 nitrogen and oxygen atoms in total. The van der Waals surface area contributed by atoms with E-state index in [1.165, 1.54) is 6.07 Å². The maximum Gasteiger partial charge on any atom is 0.337 e. The average Bonchev–Trinajstić information content (AvgIpc) is 2.40. The summed E-state index contributed by atoms with van der Waals surface area (Å²) in [4.78, 5) is 22.8. The number of anilines is 1. The summed E-state index contributed by atoms with van der Waals surface area (Å²) in [6.07, 6.45) is 3.53. The van der Waals surface area contributed by atoms with Gasteiger partial charge in [0.25, 0.3) is 5.91 Å². The van der Waals surface area contributed by atoms with Crippen molar-refractivity contribution in [1.29, 1.82) is 0 Å². The van der Waals surface area contributed by atoms with Gasteiger partial charge in [0.2, 0.25) is 6.54 Å². The number of hydrogen-bond donors (Lipinski definition) is 2. The van der Waals surface area contributed by atoms with Crippen LogP contribution in [0.2, 0.25) is 0 Å². The summed E-state index contributed by atoms with van der Waals surface area (Å²) in [5, 5.41) is 11.6. The van der Waals surface area contributed by atoms with E-state index in [1.54, 1.807) is 35.2 Å². The quantitative estimate of drug-likeness (QED) is 0.661. The number of aromatic nitrogens is 1. The van der Waals surface area contributed by atoms with Crippen molar-refractivity contribution >= 4 is 17.6 Å². The van der Waals surface area contributed by atoms with Crippen molar-refractivity contribution in [3.63, 3.8) is 0 Å². The van der Waals surface area contributed by atoms with Crippen LogP contribution < -0.4 is 22.3 Å². The summed E-state index contributed by atoms with van der Waals surface area (Å²) in [6.45, 7) is 0.134. The lowest BCUT2D eigenvalue weighted by atomic mass is 10.2. The average molecular weight is 293 g/mol. The molecule has 2 N–H and O–H groups in total. The van der Waals surface area contributed by atoms with Crippen LogP contribution in [0.5, 0.6) is 0 Å². The van der Waals surface area contributed by atoms with Crippen molar-refractivity contribution in [2.45, 2.75) is 6.54 Å². The zero-order valence-electron chi connectivity index (χ0n) is 10.5. The molecular weight excluding hydrogens is 280 g/mol. The van der Waals surface area contributed by atoms with Gasteiger partial charge in [-0.25, -0.2) is 4.79 Å². The zero-order chi connectivity index (χ0) is 13.7. The van der Waals surface area contributed by atoms with Crippen molar-refractivity contribution < 1.29 is 31.7 Å². The Balaban J connectivity index is 0.00000200. The van der Waals surface area contributed by atoms with Crippen molar-refractivity contribution in [1.82, 2.24) is 0 Å². The first-order valence-electron chi connectivity index (χ1n) is 5.73. The fourth-order valence-electron chi connectivity index (χ4n) is 1.67. The maximum absolute atomic E-state index is 11.8. The predicted molar refractivity (Wildman–Crippen MR) is 68.7 cm³/mol. The summed E-state index contributed by atoms with van der Waals surface area (Å²) in [5.41, 5.74) is 0.380. The molecule has 0 fully saturated rings. The Labute approximate surface area is 122 Å². The highest BCUT2D eigenvalue weighted by Gasteiger charge is 2.14. The van der Waals surface area contributed by atoms with Crippen LogP contribution in [0.15, 0.2) is 54.9 Å². The lowest BCUT2D eigenvalue weighted by Gasteiger charge is -2.06. The number of benzene rings is 1. The normalized spacial score (nSPS) is 9.40. The van der Waals surface area contributed by atoms with E-state index < -0.39 is 5.97 Å². The van der Waals surface area contributed by atoms with E-state index in [2.05, 4.69) is 5.32 Å². The van der Waals surface area contributed by atoms with Crippen molar-refractivity contribution in [3.8, 4) is 0 Å². The molecule has 0 aliphatic rings. The van der Waals surface area contributed by atoms with Crippen LogP contribution in [0.3, 0.4) is 0 Å². The lowest BCUT2D eigenvalue weighted by Crippen LogP contribution is -3.00. The van der Waals surface area contributed by atoms with Crippen LogP contribution in [0.4, 0.5) is 5.69 Å². The number of carboxylic acids is 1. The number of amides is 1. The summed E-state index contributed by atoms with van der Waals surface area (Å²) in [6, 6.07) is 11.8. The number of carboxylic acid groups (broad SMARTS) is 1. The molecule has 0 radical (unpaired) electrons. The van der Waals surface area contributed by atoms with Gasteiger partial charge >= 0.3 is 5.97 Å². The fraction of sp³-hybridized carbons (Fsp3) is 0.0714. The number of para-hydroxylation sites is 1. The van der Waals surface area contributed by atoms with Gasteiger partial charge in [-0.1, -0.05) is 18.2 Å². The Morgan fingerprint density at radius 1 is 1.05 bits per heavy atom. The van der Waals surface area contributed by atoms with Gasteiger partial charge in [-0.05, 0) is 12.1 Å². The summed E-state index contributed by atoms with van der Waals surface area (Å²) >= 11 is 0. The van der Waals surface area contributed by atoms with Crippen LogP contribution in [0, 0.1) is 0 Å². The second-order valence-electron chi connectivity index (χ2n) is 3.95. The topological polar surface area (TPSA) is 70.3 Å². The number of aromatic carboxylic acids is 1. The molecule has 104 valence electrons. The van der Waals surface area contributed by atoms with Crippen LogP contribution >= 0.6 is 0 Å². The summed E-state index contributed by atoms with van der Waals surface area (Å²) < 4.78 is 1.71. The number of halogens is 1. The first kappa shape index (κ1) is 15.7. The third-order valence-electron chi connectivity index (χ3n) is 2.54. The van der Waals surface area contributed by atoms with Crippen LogP contribution in [0.1, 0.15) is 10.4 Å². The molecule has 1 aromatic heterocycles. The molecule has 2 rings (SSSR count). The van der Waals surface area contributed by atoms with Gasteiger partial charge < -0.3 is 22.8 Å². The van der Waals surface area contributed by atoms with Crippen molar-refractivity contribution in [3.05, 3.63) is 60.4 Å². The highest BCUT2D eigenvalue weighted by atomic mass is 35.5. The Kier molecular flexibility index (Phi) is 5.68. The second-order valence-corrected chi connectivity index (χ2v) is 3.95. The third kappa shape index (κ3) is 4.07. The van der Waals surface area contributed by atoms with Crippen molar-refractivity contribution in [2.75, 3.05) is 5.32 Å². The number of pyridine rings is 1. The number of rotatable bonds is 4. The van der Waals surface area contributed by atoms with Gasteiger partial charge in [-0.2, -0.15) is 4.57 Å². The molecule has 0 bridgehead atoms. The maximum atomic E-state index is 11.8. The van der Waals surface area contributed by atoms with Gasteiger partial charge in [0.1, 0.15) is 0 Å². The largest absolute Gasteiger partial charge is 1.00 e. The molecule has 20 heavy (non-hydrogen) atoms. The monoisotopic (exact) mass is 292 g/mol. The standard InChI is InChI=1S/C14H12N2O3.ClH/c17-13(10-16-8-4-1-5-9-16)15-12-7-3-2-6-11(12)14(18)19;/h1-9H,10H2,(H-,15,17,18,19);1H. The van der Waals surface area contributed by atoms with Gasteiger partial charge in [0.15, 0.2) is 12.4 Å². The second kappa shape index (κ2) is 7.25. The molecule has 0 unspecified atom stereocenters. The van der Waals surface area contributed by atoms with E-state index in [-0.39, 0.29) is 30.4 Å². The number of carbonyl (C=O) groups excluding carboxylic acids is 1. The van der Waals surface area contributed by atoms with Crippen LogP contribution in [-0.4, -0.2) is 17.0 Å². The molecule has 2 aromatic rings. The minimum atomic E-state index is -1.07. The number of nitrogens with one attached hydrogen (secondary N) is 1. The van der Waals surface area contributed by atoms with Crippen molar-refractivity contribution in [2.24, 2.45) is 0 Å². The summed E-state index contributed by atoms with van der Waals surface area (Å²) in [5.74, 6) is -1.34. The van der Waals surface area contributed by atoms with Crippen LogP contribution in [-0.2, 0) is 11.3 Å². The SMILES string of the molecule is O=C(C[n+]1ccccc1)Nc1ccccc1C(=O)O.[Cl-]. The molecule has 0 saturated heterocycles. The fourth-order valence-corrected chi connectivity index (χ4v) is 1.67. The van der Waals surface area contributed by atoms with E-state index in [4.69, 9.17) is 5.11 Å². The smallest absolute Gasteiger partial charge is 0.337 e. The molecular formula is C14H13ClN2O3. The van der Waals surface area contributed by atoms with Gasteiger partial charge in [-0.3, -0.25) is 4.79 Å². The minimum absolute atomic E-state index is 0. The van der Waals surface area contributed by atoms with E-state index in [9.17, 15) is 9.59 Å². The molecule has 1 amide bonds. The Hall–Kier alpha value is -2.40. The molecule has 6 heteroatoms. The highest BCUT2D eigenvalue weighted by Crippen LogP contribution is 2.14. The molecule has 0 aliphatic carbocycles. The predicted octanol–water partition coefficient (Wildman–Crippen LogP) is -1.68. The third-order valence-corrected chi connectivity index (χ3v) is 2.54. The lowest BCUT2D eigenvalue weighted by molar-refractivity contribution is -0.684. The number of carbonyl (C=O) groups is 2. The molecule has 0 spiro atoms. The minimum Gasteiger partial charge on any atom is -1.00 e. The molecule has 0 atom stereocenters. The van der Waals surface area contributed by atoms with Gasteiger partial charge in [0, 0.05) is 12.1 Å². The van der Waals surface area contributed by atoms with E-state index >= 15 is 0 Å². The van der Waals surface area contributed by atoms with E-state index in [1.807, 2.05) is 18.2 Å². The highest BCUT2D eigenvalue weighted by molar-refractivity contribution is 6.00. The molecule has 0 saturated carbocycles. The first-order valence-corrected chi connectivity index (χ1v) is 5.73. The van der Waals surface area contributed by atoms with Crippen LogP contribution in [0.25, 0.3) is 0 Å². The van der Waals surface area contributed by atoms with Gasteiger partial charge in [0.05, 0.1) is 11.3 Å². The molecule has 1 aromatic carbocycles. The zero-order valence-corrected chi connectivity index (χ0v) is 11.2. The summed E-state index contributed by atoms with van der Waals surface area (Å²) in [7, 11) is 0. The number of hydrogen-bond acceptors (Lipinski definition) is 2.